The van der Waals surface area contributed by atoms with E-state index < -0.39 is 17.9 Å². The molecule has 0 aliphatic carbocycles. The Balaban J connectivity index is 1.49. The maximum absolute atomic E-state index is 12.0. The van der Waals surface area contributed by atoms with Crippen molar-refractivity contribution in [2.45, 2.75) is 19.2 Å². The van der Waals surface area contributed by atoms with Gasteiger partial charge in [0.1, 0.15) is 17.6 Å². The first kappa shape index (κ1) is 19.7. The third kappa shape index (κ3) is 4.79. The first-order valence-electron chi connectivity index (χ1n) is 8.56. The predicted octanol–water partition coefficient (Wildman–Crippen LogP) is 2.36. The molecule has 0 aliphatic heterocycles. The molecule has 28 heavy (non-hydrogen) atoms. The number of methoxy groups -OCH3 is 1. The quantitative estimate of drug-likeness (QED) is 0.529. The molecule has 2 amide bonds. The number of para-hydroxylation sites is 1. The molecule has 2 heterocycles. The Morgan fingerprint density at radius 2 is 1.82 bits per heavy atom. The number of aliphatic hydroxyl groups excluding tert-OH is 1. The molecule has 0 saturated heterocycles. The van der Waals surface area contributed by atoms with E-state index in [0.717, 1.165) is 10.4 Å². The fraction of sp³-hybridized carbons (Fsp3) is 0.200. The summed E-state index contributed by atoms with van der Waals surface area (Å²) in [7, 11) is 1.55. The van der Waals surface area contributed by atoms with Crippen molar-refractivity contribution in [3.05, 3.63) is 75.9 Å². The topological polar surface area (TPSA) is 101 Å². The van der Waals surface area contributed by atoms with E-state index in [2.05, 4.69) is 10.6 Å². The van der Waals surface area contributed by atoms with Gasteiger partial charge in [0.15, 0.2) is 0 Å². The molecular formula is C20H20N2O5S. The molecule has 0 fully saturated rings. The highest BCUT2D eigenvalue weighted by molar-refractivity contribution is 7.12. The van der Waals surface area contributed by atoms with Gasteiger partial charge in [0, 0.05) is 21.9 Å². The van der Waals surface area contributed by atoms with Crippen LogP contribution >= 0.6 is 11.3 Å². The third-order valence-corrected chi connectivity index (χ3v) is 5.16. The van der Waals surface area contributed by atoms with Gasteiger partial charge in [-0.3, -0.25) is 9.59 Å². The van der Waals surface area contributed by atoms with Gasteiger partial charge in [0.2, 0.25) is 0 Å². The number of furan rings is 1. The molecule has 3 aromatic rings. The van der Waals surface area contributed by atoms with E-state index in [9.17, 15) is 14.7 Å². The Hall–Kier alpha value is -3.10. The van der Waals surface area contributed by atoms with Crippen molar-refractivity contribution in [2.75, 3.05) is 7.11 Å². The Morgan fingerprint density at radius 1 is 1.07 bits per heavy atom. The molecule has 1 atom stereocenters. The average molecular weight is 400 g/mol. The largest absolute Gasteiger partial charge is 0.496 e. The van der Waals surface area contributed by atoms with Crippen molar-refractivity contribution in [2.24, 2.45) is 0 Å². The summed E-state index contributed by atoms with van der Waals surface area (Å²) in [5.74, 6) is -0.354. The Bertz CT molecular complexity index is 936. The minimum Gasteiger partial charge on any atom is -0.496 e. The van der Waals surface area contributed by atoms with Gasteiger partial charge in [-0.1, -0.05) is 18.2 Å². The maximum atomic E-state index is 12.0. The minimum absolute atomic E-state index is 0.189. The summed E-state index contributed by atoms with van der Waals surface area (Å²) in [5.41, 5.74) is 0.779. The van der Waals surface area contributed by atoms with Gasteiger partial charge in [0.25, 0.3) is 0 Å². The first-order valence-corrected chi connectivity index (χ1v) is 9.38. The third-order valence-electron chi connectivity index (χ3n) is 4.03. The number of carbonyl (C=O) groups is 2. The number of nitrogens with one attached hydrogen (secondary N) is 2. The standard InChI is InChI=1S/C20H20N2O5S/c1-26-15-6-3-2-5-13(15)11-21-19(24)20(25)22-12-14-8-9-17(28-14)18(23)16-7-4-10-27-16/h2-10,18,23H,11-12H2,1H3,(H,21,24)(H,22,25). The van der Waals surface area contributed by atoms with Gasteiger partial charge >= 0.3 is 11.8 Å². The molecule has 0 spiro atoms. The second-order valence-corrected chi connectivity index (χ2v) is 7.10. The molecule has 1 unspecified atom stereocenters. The highest BCUT2D eigenvalue weighted by atomic mass is 32.1. The summed E-state index contributed by atoms with van der Waals surface area (Å²) in [6.07, 6.45) is 0.644. The van der Waals surface area contributed by atoms with E-state index >= 15 is 0 Å². The molecule has 146 valence electrons. The zero-order valence-electron chi connectivity index (χ0n) is 15.2. The SMILES string of the molecule is COc1ccccc1CNC(=O)C(=O)NCc1ccc(C(O)c2ccco2)s1. The van der Waals surface area contributed by atoms with Crippen LogP contribution in [0.5, 0.6) is 5.75 Å². The number of benzene rings is 1. The van der Waals surface area contributed by atoms with Crippen LogP contribution in [-0.4, -0.2) is 24.0 Å². The fourth-order valence-corrected chi connectivity index (χ4v) is 3.52. The van der Waals surface area contributed by atoms with Crippen molar-refractivity contribution < 1.29 is 23.8 Å². The van der Waals surface area contributed by atoms with Gasteiger partial charge < -0.3 is 24.9 Å². The number of hydrogen-bond acceptors (Lipinski definition) is 6. The maximum Gasteiger partial charge on any atom is 0.309 e. The number of carbonyl (C=O) groups excluding carboxylic acids is 2. The number of aliphatic hydroxyl groups is 1. The van der Waals surface area contributed by atoms with Gasteiger partial charge in [-0.25, -0.2) is 0 Å². The first-order chi connectivity index (χ1) is 13.6. The fourth-order valence-electron chi connectivity index (χ4n) is 2.58. The van der Waals surface area contributed by atoms with Crippen LogP contribution in [0.4, 0.5) is 0 Å². The van der Waals surface area contributed by atoms with E-state index in [4.69, 9.17) is 9.15 Å². The molecular weight excluding hydrogens is 380 g/mol. The van der Waals surface area contributed by atoms with Crippen LogP contribution in [0.1, 0.15) is 27.2 Å². The van der Waals surface area contributed by atoms with Crippen LogP contribution in [0.15, 0.2) is 59.2 Å². The van der Waals surface area contributed by atoms with E-state index in [1.54, 1.807) is 37.4 Å². The molecule has 0 aliphatic rings. The molecule has 0 radical (unpaired) electrons. The molecule has 3 N–H and O–H groups in total. The van der Waals surface area contributed by atoms with Gasteiger partial charge in [0.05, 0.1) is 19.9 Å². The lowest BCUT2D eigenvalue weighted by atomic mass is 10.2. The lowest BCUT2D eigenvalue weighted by Crippen LogP contribution is -2.39. The zero-order chi connectivity index (χ0) is 19.9. The van der Waals surface area contributed by atoms with E-state index in [-0.39, 0.29) is 13.1 Å². The highest BCUT2D eigenvalue weighted by Gasteiger charge is 2.17. The van der Waals surface area contributed by atoms with Crippen molar-refractivity contribution in [1.82, 2.24) is 10.6 Å². The van der Waals surface area contributed by atoms with Crippen LogP contribution in [0.2, 0.25) is 0 Å². The van der Waals surface area contributed by atoms with Gasteiger partial charge in [-0.05, 0) is 30.3 Å². The summed E-state index contributed by atoms with van der Waals surface area (Å²) < 4.78 is 10.4. The summed E-state index contributed by atoms with van der Waals surface area (Å²) in [6.45, 7) is 0.380. The van der Waals surface area contributed by atoms with Crippen molar-refractivity contribution in [3.63, 3.8) is 0 Å². The Labute approximate surface area is 166 Å². The number of ether oxygens (including phenoxy) is 1. The number of thiophene rings is 1. The van der Waals surface area contributed by atoms with Gasteiger partial charge in [-0.15, -0.1) is 11.3 Å². The normalized spacial score (nSPS) is 11.6. The van der Waals surface area contributed by atoms with Crippen LogP contribution in [0.25, 0.3) is 0 Å². The highest BCUT2D eigenvalue weighted by Crippen LogP contribution is 2.28. The van der Waals surface area contributed by atoms with E-state index in [0.29, 0.717) is 16.4 Å². The molecule has 2 aromatic heterocycles. The van der Waals surface area contributed by atoms with Crippen LogP contribution in [0.3, 0.4) is 0 Å². The number of hydrogen-bond donors (Lipinski definition) is 3. The predicted molar refractivity (Wildman–Crippen MR) is 104 cm³/mol. The Morgan fingerprint density at radius 3 is 2.54 bits per heavy atom. The monoisotopic (exact) mass is 400 g/mol. The van der Waals surface area contributed by atoms with Crippen molar-refractivity contribution >= 4 is 23.2 Å². The van der Waals surface area contributed by atoms with Crippen molar-refractivity contribution in [3.8, 4) is 5.75 Å². The molecule has 0 bridgehead atoms. The summed E-state index contributed by atoms with van der Waals surface area (Å²) >= 11 is 1.34. The molecule has 3 rings (SSSR count). The molecule has 1 aromatic carbocycles. The second kappa shape index (κ2) is 9.20. The lowest BCUT2D eigenvalue weighted by molar-refractivity contribution is -0.139. The number of amides is 2. The summed E-state index contributed by atoms with van der Waals surface area (Å²) in [5, 5.41) is 15.4. The average Bonchev–Trinajstić information content (AvgIpc) is 3.42. The summed E-state index contributed by atoms with van der Waals surface area (Å²) in [6, 6.07) is 14.2. The molecule has 8 heteroatoms. The second-order valence-electron chi connectivity index (χ2n) is 5.90. The van der Waals surface area contributed by atoms with Crippen LogP contribution in [0, 0.1) is 0 Å². The van der Waals surface area contributed by atoms with Crippen LogP contribution < -0.4 is 15.4 Å². The van der Waals surface area contributed by atoms with E-state index in [1.165, 1.54) is 17.6 Å². The van der Waals surface area contributed by atoms with Crippen LogP contribution in [-0.2, 0) is 22.7 Å². The molecule has 0 saturated carbocycles. The number of rotatable bonds is 7. The smallest absolute Gasteiger partial charge is 0.309 e. The minimum atomic E-state index is -0.853. The zero-order valence-corrected chi connectivity index (χ0v) is 16.0. The van der Waals surface area contributed by atoms with E-state index in [1.807, 2.05) is 18.2 Å². The molecule has 7 nitrogen and oxygen atoms in total. The lowest BCUT2D eigenvalue weighted by Gasteiger charge is -2.09. The van der Waals surface area contributed by atoms with Gasteiger partial charge in [-0.2, -0.15) is 0 Å². The Kier molecular flexibility index (Phi) is 6.46. The van der Waals surface area contributed by atoms with Crippen molar-refractivity contribution in [1.29, 1.82) is 0 Å². The summed E-state index contributed by atoms with van der Waals surface area (Å²) in [4.78, 5) is 25.5.